The van der Waals surface area contributed by atoms with Crippen LogP contribution in [-0.4, -0.2) is 27.1 Å². The van der Waals surface area contributed by atoms with Crippen LogP contribution >= 0.6 is 0 Å². The maximum absolute atomic E-state index is 12.8. The second-order valence-corrected chi connectivity index (χ2v) is 9.81. The number of sulfonamides is 1. The summed E-state index contributed by atoms with van der Waals surface area (Å²) in [5.41, 5.74) is 2.00. The predicted molar refractivity (Wildman–Crippen MR) is 103 cm³/mol. The van der Waals surface area contributed by atoms with Gasteiger partial charge in [0, 0.05) is 12.1 Å². The molecular weight excluding hydrogens is 406 g/mol. The van der Waals surface area contributed by atoms with Crippen LogP contribution in [0.2, 0.25) is 0 Å². The van der Waals surface area contributed by atoms with Crippen LogP contribution in [0.4, 0.5) is 5.69 Å². The Morgan fingerprint density at radius 1 is 1.00 bits per heavy atom. The van der Waals surface area contributed by atoms with Crippen molar-refractivity contribution < 1.29 is 21.8 Å². The van der Waals surface area contributed by atoms with Gasteiger partial charge in [0.1, 0.15) is 5.37 Å². The maximum Gasteiger partial charge on any atom is 0.270 e. The van der Waals surface area contributed by atoms with Gasteiger partial charge in [-0.05, 0) is 24.6 Å². The largest absolute Gasteiger partial charge is 0.270 e. The van der Waals surface area contributed by atoms with Crippen molar-refractivity contribution in [1.82, 2.24) is 10.3 Å². The molecule has 0 fully saturated rings. The Hall–Kier alpha value is -2.34. The Morgan fingerprint density at radius 3 is 2.25 bits per heavy atom. The summed E-state index contributed by atoms with van der Waals surface area (Å²) >= 11 is 0. The van der Waals surface area contributed by atoms with E-state index in [-0.39, 0.29) is 21.9 Å². The molecule has 2 N–H and O–H groups in total. The normalized spacial score (nSPS) is 13.2. The average Bonchev–Trinajstić information content (AvgIpc) is 2.68. The minimum Gasteiger partial charge on any atom is -0.258 e. The quantitative estimate of drug-likeness (QED) is 0.439. The lowest BCUT2D eigenvalue weighted by atomic mass is 10.2. The lowest BCUT2D eigenvalue weighted by Crippen LogP contribution is -2.47. The van der Waals surface area contributed by atoms with Crippen molar-refractivity contribution in [1.29, 1.82) is 0 Å². The molecule has 0 amide bonds. The molecule has 0 aliphatic heterocycles. The van der Waals surface area contributed by atoms with Crippen LogP contribution in [0.3, 0.4) is 0 Å². The number of nitrogens with one attached hydrogen (secondary N) is 2. The summed E-state index contributed by atoms with van der Waals surface area (Å²) in [6.45, 7) is 1.89. The first-order valence-electron chi connectivity index (χ1n) is 8.49. The monoisotopic (exact) mass is 427 g/mol. The molecule has 0 saturated heterocycles. The van der Waals surface area contributed by atoms with E-state index in [0.29, 0.717) is 6.42 Å². The fourth-order valence-corrected chi connectivity index (χ4v) is 5.01. The Bertz CT molecular complexity index is 1020. The van der Waals surface area contributed by atoms with Crippen molar-refractivity contribution in [3.05, 3.63) is 64.7 Å². The summed E-state index contributed by atoms with van der Waals surface area (Å²) in [6.07, 6.45) is 1.47. The third kappa shape index (κ3) is 5.35. The van der Waals surface area contributed by atoms with Crippen LogP contribution in [0.25, 0.3) is 0 Å². The number of unbranched alkanes of at least 4 members (excludes halogenated alkanes) is 1. The van der Waals surface area contributed by atoms with Gasteiger partial charge < -0.3 is 0 Å². The molecule has 0 spiro atoms. The van der Waals surface area contributed by atoms with Gasteiger partial charge in [-0.25, -0.2) is 22.3 Å². The molecule has 2 rings (SSSR count). The SMILES string of the molecule is CCCCC(NNS(=O)(=O)c1cccc([N+](=O)[O-])c1)S(=O)(=O)c1ccccc1. The average molecular weight is 428 g/mol. The minimum atomic E-state index is -4.21. The van der Waals surface area contributed by atoms with Gasteiger partial charge in [-0.3, -0.25) is 10.1 Å². The van der Waals surface area contributed by atoms with E-state index in [2.05, 4.69) is 5.43 Å². The molecule has 0 aliphatic rings. The van der Waals surface area contributed by atoms with Gasteiger partial charge in [0.15, 0.2) is 9.84 Å². The highest BCUT2D eigenvalue weighted by molar-refractivity contribution is 7.92. The van der Waals surface area contributed by atoms with Crippen LogP contribution < -0.4 is 10.3 Å². The number of non-ortho nitro benzene ring substituents is 1. The topological polar surface area (TPSA) is 135 Å². The first-order chi connectivity index (χ1) is 13.2. The highest BCUT2D eigenvalue weighted by Gasteiger charge is 2.28. The molecule has 1 unspecified atom stereocenters. The number of hydrazine groups is 1. The molecule has 28 heavy (non-hydrogen) atoms. The molecule has 11 heteroatoms. The highest BCUT2D eigenvalue weighted by atomic mass is 32.2. The van der Waals surface area contributed by atoms with E-state index in [1.54, 1.807) is 18.2 Å². The molecule has 0 aromatic heterocycles. The Kier molecular flexibility index (Phi) is 7.24. The molecule has 2 aromatic rings. The van der Waals surface area contributed by atoms with Crippen LogP contribution in [0.15, 0.2) is 64.4 Å². The van der Waals surface area contributed by atoms with E-state index in [1.165, 1.54) is 24.3 Å². The number of benzene rings is 2. The van der Waals surface area contributed by atoms with Crippen molar-refractivity contribution in [2.75, 3.05) is 0 Å². The van der Waals surface area contributed by atoms with Gasteiger partial charge in [0.2, 0.25) is 0 Å². The second-order valence-electron chi connectivity index (χ2n) is 5.99. The Morgan fingerprint density at radius 2 is 1.64 bits per heavy atom. The summed E-state index contributed by atoms with van der Waals surface area (Å²) in [5.74, 6) is 0. The molecule has 0 saturated carbocycles. The van der Waals surface area contributed by atoms with Crippen molar-refractivity contribution >= 4 is 25.5 Å². The third-order valence-corrected chi connectivity index (χ3v) is 7.25. The Labute approximate surface area is 163 Å². The molecule has 2 aromatic carbocycles. The summed E-state index contributed by atoms with van der Waals surface area (Å²) < 4.78 is 50.6. The summed E-state index contributed by atoms with van der Waals surface area (Å²) in [4.78, 5) is 11.9. The molecule has 152 valence electrons. The lowest BCUT2D eigenvalue weighted by molar-refractivity contribution is -0.385. The van der Waals surface area contributed by atoms with Crippen molar-refractivity contribution in [3.8, 4) is 0 Å². The summed E-state index contributed by atoms with van der Waals surface area (Å²) in [6, 6.07) is 12.2. The van der Waals surface area contributed by atoms with E-state index in [0.717, 1.165) is 18.6 Å². The predicted octanol–water partition coefficient (Wildman–Crippen LogP) is 2.37. The fourth-order valence-electron chi connectivity index (χ4n) is 2.44. The van der Waals surface area contributed by atoms with Crippen LogP contribution in [-0.2, 0) is 19.9 Å². The van der Waals surface area contributed by atoms with Crippen LogP contribution in [0, 0.1) is 10.1 Å². The zero-order chi connectivity index (χ0) is 20.8. The fraction of sp³-hybridized carbons (Fsp3) is 0.294. The molecule has 9 nitrogen and oxygen atoms in total. The molecule has 1 atom stereocenters. The number of nitrogens with zero attached hydrogens (tertiary/aromatic N) is 1. The zero-order valence-electron chi connectivity index (χ0n) is 15.1. The number of nitro groups is 1. The van der Waals surface area contributed by atoms with Gasteiger partial charge in [-0.15, -0.1) is 4.83 Å². The number of rotatable bonds is 10. The summed E-state index contributed by atoms with van der Waals surface area (Å²) in [7, 11) is -8.05. The van der Waals surface area contributed by atoms with Crippen molar-refractivity contribution in [2.45, 2.75) is 41.4 Å². The highest BCUT2D eigenvalue weighted by Crippen LogP contribution is 2.19. The zero-order valence-corrected chi connectivity index (χ0v) is 16.7. The Balaban J connectivity index is 2.26. The van der Waals surface area contributed by atoms with Gasteiger partial charge in [-0.1, -0.05) is 44.0 Å². The van der Waals surface area contributed by atoms with Gasteiger partial charge in [0.25, 0.3) is 15.7 Å². The van der Waals surface area contributed by atoms with Gasteiger partial charge >= 0.3 is 0 Å². The standard InChI is InChI=1S/C17H21N3O6S2/c1-2-3-12-17(27(23,24)15-9-5-4-6-10-15)18-19-28(25,26)16-11-7-8-14(13-16)20(21)22/h4-11,13,17-19H,2-3,12H2,1H3. The minimum absolute atomic E-state index is 0.0677. The molecule has 0 radical (unpaired) electrons. The van der Waals surface area contributed by atoms with Crippen LogP contribution in [0.5, 0.6) is 0 Å². The first kappa shape index (κ1) is 22.0. The van der Waals surface area contributed by atoms with E-state index in [9.17, 15) is 26.9 Å². The molecular formula is C17H21N3O6S2. The smallest absolute Gasteiger partial charge is 0.258 e. The summed E-state index contributed by atoms with van der Waals surface area (Å²) in [5, 5.41) is 9.66. The van der Waals surface area contributed by atoms with E-state index in [4.69, 9.17) is 0 Å². The lowest BCUT2D eigenvalue weighted by Gasteiger charge is -2.19. The van der Waals surface area contributed by atoms with E-state index >= 15 is 0 Å². The van der Waals surface area contributed by atoms with E-state index < -0.39 is 30.2 Å². The van der Waals surface area contributed by atoms with Gasteiger partial charge in [-0.2, -0.15) is 0 Å². The maximum atomic E-state index is 12.8. The van der Waals surface area contributed by atoms with Crippen LogP contribution in [0.1, 0.15) is 26.2 Å². The second kappa shape index (κ2) is 9.24. The molecule has 0 aliphatic carbocycles. The first-order valence-corrected chi connectivity index (χ1v) is 11.5. The number of hydrogen-bond acceptors (Lipinski definition) is 7. The van der Waals surface area contributed by atoms with Gasteiger partial charge in [0.05, 0.1) is 14.7 Å². The molecule has 0 heterocycles. The number of hydrogen-bond donors (Lipinski definition) is 2. The van der Waals surface area contributed by atoms with Crippen molar-refractivity contribution in [3.63, 3.8) is 0 Å². The third-order valence-electron chi connectivity index (χ3n) is 3.96. The molecule has 0 bridgehead atoms. The number of nitro benzene ring substituents is 1. The van der Waals surface area contributed by atoms with Crippen molar-refractivity contribution in [2.24, 2.45) is 0 Å². The van der Waals surface area contributed by atoms with E-state index in [1.807, 2.05) is 11.8 Å². The number of sulfone groups is 1.